The van der Waals surface area contributed by atoms with Crippen molar-refractivity contribution in [3.8, 4) is 0 Å². The van der Waals surface area contributed by atoms with E-state index in [2.05, 4.69) is 10.4 Å². The molecule has 0 amide bonds. The maximum atomic E-state index is 11.4. The van der Waals surface area contributed by atoms with Gasteiger partial charge in [-0.3, -0.25) is 0 Å². The summed E-state index contributed by atoms with van der Waals surface area (Å²) in [6.45, 7) is 2.81. The van der Waals surface area contributed by atoms with Gasteiger partial charge in [0.1, 0.15) is 5.82 Å². The Balaban J connectivity index is 1.96. The predicted molar refractivity (Wildman–Crippen MR) is 74.7 cm³/mol. The molecular weight excluding hydrogens is 258 g/mol. The van der Waals surface area contributed by atoms with Crippen LogP contribution < -0.4 is 5.43 Å². The molecule has 20 heavy (non-hydrogen) atoms. The average molecular weight is 273 g/mol. The highest BCUT2D eigenvalue weighted by molar-refractivity contribution is 6.03. The Kier molecular flexibility index (Phi) is 3.49. The van der Waals surface area contributed by atoms with Gasteiger partial charge in [-0.05, 0) is 12.1 Å². The summed E-state index contributed by atoms with van der Waals surface area (Å²) in [5, 5.41) is 11.9. The molecule has 1 aliphatic heterocycles. The van der Waals surface area contributed by atoms with Crippen LogP contribution >= 0.6 is 0 Å². The molecule has 104 valence electrons. The number of hydrogen-bond donors (Lipinski definition) is 2. The van der Waals surface area contributed by atoms with Crippen LogP contribution in [0.15, 0.2) is 30.3 Å². The summed E-state index contributed by atoms with van der Waals surface area (Å²) in [4.78, 5) is 15.8. The summed E-state index contributed by atoms with van der Waals surface area (Å²) in [7, 11) is 0. The molecule has 6 heteroatoms. The minimum Gasteiger partial charge on any atom is -0.478 e. The van der Waals surface area contributed by atoms with Crippen LogP contribution in [0, 0.1) is 0 Å². The van der Waals surface area contributed by atoms with E-state index >= 15 is 0 Å². The summed E-state index contributed by atoms with van der Waals surface area (Å²) in [5.74, 6) is -0.406. The summed E-state index contributed by atoms with van der Waals surface area (Å²) in [5.41, 5.74) is 4.07. The molecule has 1 aliphatic rings. The number of rotatable bonds is 3. The lowest BCUT2D eigenvalue weighted by Gasteiger charge is -2.27. The number of fused-ring (bicyclic) bond motifs is 1. The number of ether oxygens (including phenoxy) is 1. The Morgan fingerprint density at radius 1 is 1.30 bits per heavy atom. The topological polar surface area (TPSA) is 74.7 Å². The van der Waals surface area contributed by atoms with Crippen molar-refractivity contribution in [1.29, 1.82) is 0 Å². The maximum absolute atomic E-state index is 11.4. The zero-order valence-electron chi connectivity index (χ0n) is 10.9. The second-order valence-corrected chi connectivity index (χ2v) is 4.59. The third kappa shape index (κ3) is 2.56. The minimum atomic E-state index is -0.950. The summed E-state index contributed by atoms with van der Waals surface area (Å²) < 4.78 is 5.27. The van der Waals surface area contributed by atoms with E-state index in [0.717, 1.165) is 13.1 Å². The molecule has 1 aromatic heterocycles. The lowest BCUT2D eigenvalue weighted by molar-refractivity contribution is 0.0494. The largest absolute Gasteiger partial charge is 0.478 e. The summed E-state index contributed by atoms with van der Waals surface area (Å²) >= 11 is 0. The number of para-hydroxylation sites is 1. The van der Waals surface area contributed by atoms with Gasteiger partial charge in [-0.2, -0.15) is 0 Å². The van der Waals surface area contributed by atoms with E-state index in [1.54, 1.807) is 12.1 Å². The van der Waals surface area contributed by atoms with Crippen molar-refractivity contribution >= 4 is 22.7 Å². The van der Waals surface area contributed by atoms with Crippen LogP contribution in [-0.4, -0.2) is 47.4 Å². The molecule has 6 nitrogen and oxygen atoms in total. The van der Waals surface area contributed by atoms with Crippen molar-refractivity contribution in [2.45, 2.75) is 0 Å². The van der Waals surface area contributed by atoms with E-state index < -0.39 is 5.97 Å². The molecule has 0 aliphatic carbocycles. The number of anilines is 1. The Morgan fingerprint density at radius 3 is 2.80 bits per heavy atom. The number of nitrogens with zero attached hydrogens (tertiary/aromatic N) is 2. The fourth-order valence-electron chi connectivity index (χ4n) is 2.25. The number of nitrogens with one attached hydrogen (secondary N) is 1. The molecule has 2 N–H and O–H groups in total. The summed E-state index contributed by atoms with van der Waals surface area (Å²) in [6, 6.07) is 8.81. The first kappa shape index (κ1) is 12.8. The molecule has 0 atom stereocenters. The van der Waals surface area contributed by atoms with E-state index in [0.29, 0.717) is 29.9 Å². The fourth-order valence-corrected chi connectivity index (χ4v) is 2.25. The Bertz CT molecular complexity index is 639. The average Bonchev–Trinajstić information content (AvgIpc) is 2.47. The molecule has 1 aromatic carbocycles. The SMILES string of the molecule is O=C(O)c1cc(NN2CCOCC2)nc2ccccc12. The number of carbonyl (C=O) groups is 1. The van der Waals surface area contributed by atoms with Gasteiger partial charge in [-0.1, -0.05) is 18.2 Å². The number of morpholine rings is 1. The van der Waals surface area contributed by atoms with E-state index in [9.17, 15) is 9.90 Å². The van der Waals surface area contributed by atoms with Crippen LogP contribution in [0.3, 0.4) is 0 Å². The van der Waals surface area contributed by atoms with Gasteiger partial charge in [-0.15, -0.1) is 0 Å². The number of benzene rings is 1. The number of carboxylic acid groups (broad SMARTS) is 1. The van der Waals surface area contributed by atoms with Crippen LogP contribution in [0.1, 0.15) is 10.4 Å². The maximum Gasteiger partial charge on any atom is 0.336 e. The number of aromatic nitrogens is 1. The molecule has 1 saturated heterocycles. The first-order valence-corrected chi connectivity index (χ1v) is 6.46. The van der Waals surface area contributed by atoms with Crippen molar-refractivity contribution < 1.29 is 14.6 Å². The first-order valence-electron chi connectivity index (χ1n) is 6.46. The van der Waals surface area contributed by atoms with Gasteiger partial charge in [0.15, 0.2) is 0 Å². The number of pyridine rings is 1. The predicted octanol–water partition coefficient (Wildman–Crippen LogP) is 1.59. The Hall–Kier alpha value is -2.18. The molecule has 0 radical (unpaired) electrons. The highest BCUT2D eigenvalue weighted by Crippen LogP contribution is 2.21. The van der Waals surface area contributed by atoms with Crippen molar-refractivity contribution in [2.24, 2.45) is 0 Å². The molecule has 0 bridgehead atoms. The van der Waals surface area contributed by atoms with Crippen molar-refractivity contribution in [2.75, 3.05) is 31.7 Å². The zero-order chi connectivity index (χ0) is 13.9. The molecule has 0 spiro atoms. The molecule has 0 unspecified atom stereocenters. The second kappa shape index (κ2) is 5.44. The van der Waals surface area contributed by atoms with Gasteiger partial charge in [0, 0.05) is 18.5 Å². The number of hydrazine groups is 1. The Labute approximate surface area is 116 Å². The van der Waals surface area contributed by atoms with Crippen molar-refractivity contribution in [1.82, 2.24) is 9.99 Å². The smallest absolute Gasteiger partial charge is 0.336 e. The van der Waals surface area contributed by atoms with E-state index in [1.165, 1.54) is 0 Å². The van der Waals surface area contributed by atoms with Crippen LogP contribution in [0.25, 0.3) is 10.9 Å². The molecule has 1 fully saturated rings. The van der Waals surface area contributed by atoms with Crippen LogP contribution in [0.4, 0.5) is 5.82 Å². The normalized spacial score (nSPS) is 16.2. The number of hydrogen-bond acceptors (Lipinski definition) is 5. The lowest BCUT2D eigenvalue weighted by Crippen LogP contribution is -2.40. The van der Waals surface area contributed by atoms with Gasteiger partial charge in [0.25, 0.3) is 0 Å². The number of carboxylic acids is 1. The van der Waals surface area contributed by atoms with Gasteiger partial charge < -0.3 is 15.3 Å². The van der Waals surface area contributed by atoms with Crippen molar-refractivity contribution in [3.63, 3.8) is 0 Å². The van der Waals surface area contributed by atoms with Gasteiger partial charge in [-0.25, -0.2) is 14.8 Å². The second-order valence-electron chi connectivity index (χ2n) is 4.59. The third-order valence-electron chi connectivity index (χ3n) is 3.23. The highest BCUT2D eigenvalue weighted by atomic mass is 16.5. The van der Waals surface area contributed by atoms with Crippen LogP contribution in [-0.2, 0) is 4.74 Å². The van der Waals surface area contributed by atoms with Crippen LogP contribution in [0.5, 0.6) is 0 Å². The van der Waals surface area contributed by atoms with Crippen molar-refractivity contribution in [3.05, 3.63) is 35.9 Å². The third-order valence-corrected chi connectivity index (χ3v) is 3.23. The number of aromatic carboxylic acids is 1. The summed E-state index contributed by atoms with van der Waals surface area (Å²) in [6.07, 6.45) is 0. The monoisotopic (exact) mass is 273 g/mol. The first-order chi connectivity index (χ1) is 9.74. The van der Waals surface area contributed by atoms with E-state index in [1.807, 2.05) is 23.2 Å². The quantitative estimate of drug-likeness (QED) is 0.884. The molecule has 3 rings (SSSR count). The van der Waals surface area contributed by atoms with Gasteiger partial charge >= 0.3 is 5.97 Å². The van der Waals surface area contributed by atoms with E-state index in [4.69, 9.17) is 4.74 Å². The highest BCUT2D eigenvalue weighted by Gasteiger charge is 2.14. The molecule has 2 heterocycles. The molecular formula is C14H15N3O3. The fraction of sp³-hybridized carbons (Fsp3) is 0.286. The zero-order valence-corrected chi connectivity index (χ0v) is 10.9. The Morgan fingerprint density at radius 2 is 2.05 bits per heavy atom. The molecule has 2 aromatic rings. The van der Waals surface area contributed by atoms with Crippen LogP contribution in [0.2, 0.25) is 0 Å². The van der Waals surface area contributed by atoms with E-state index in [-0.39, 0.29) is 5.56 Å². The standard InChI is InChI=1S/C14H15N3O3/c18-14(19)11-9-13(16-17-5-7-20-8-6-17)15-12-4-2-1-3-10(11)12/h1-4,9H,5-8H2,(H,15,16)(H,18,19). The van der Waals surface area contributed by atoms with Gasteiger partial charge in [0.05, 0.1) is 24.3 Å². The molecule has 0 saturated carbocycles. The van der Waals surface area contributed by atoms with Gasteiger partial charge in [0.2, 0.25) is 0 Å². The lowest BCUT2D eigenvalue weighted by atomic mass is 10.1. The minimum absolute atomic E-state index is 0.256.